The number of aryl methyl sites for hydroxylation is 2. The van der Waals surface area contributed by atoms with Crippen molar-refractivity contribution >= 4 is 10.0 Å². The van der Waals surface area contributed by atoms with Gasteiger partial charge in [0.2, 0.25) is 10.0 Å². The molecule has 0 unspecified atom stereocenters. The van der Waals surface area contributed by atoms with Crippen LogP contribution in [0.4, 0.5) is 0 Å². The Balaban J connectivity index is 1.59. The smallest absolute Gasteiger partial charge is 0.246 e. The van der Waals surface area contributed by atoms with Crippen molar-refractivity contribution in [2.75, 3.05) is 32.7 Å². The van der Waals surface area contributed by atoms with Crippen LogP contribution >= 0.6 is 0 Å². The standard InChI is InChI=1S/C16H23N5O2S/c1-13-16(14(2)19-18-13)24(22,23)21-11-9-20(10-12-21)8-5-15-3-6-17-7-4-15/h3-4,6-7H,5,8-12H2,1-2H3,(H,18,19). The van der Waals surface area contributed by atoms with E-state index in [0.717, 1.165) is 26.1 Å². The zero-order valence-electron chi connectivity index (χ0n) is 14.1. The van der Waals surface area contributed by atoms with E-state index in [2.05, 4.69) is 20.1 Å². The molecular formula is C16H23N5O2S. The van der Waals surface area contributed by atoms with Gasteiger partial charge in [-0.25, -0.2) is 8.42 Å². The fraction of sp³-hybridized carbons (Fsp3) is 0.500. The quantitative estimate of drug-likeness (QED) is 0.870. The summed E-state index contributed by atoms with van der Waals surface area (Å²) in [5.74, 6) is 0. The SMILES string of the molecule is Cc1n[nH]c(C)c1S(=O)(=O)N1CCN(CCc2ccncc2)CC1. The molecule has 7 nitrogen and oxygen atoms in total. The van der Waals surface area contributed by atoms with Gasteiger partial charge in [-0.15, -0.1) is 0 Å². The number of sulfonamides is 1. The first-order chi connectivity index (χ1) is 11.5. The lowest BCUT2D eigenvalue weighted by Gasteiger charge is -2.34. The Morgan fingerprint density at radius 3 is 2.38 bits per heavy atom. The van der Waals surface area contributed by atoms with Gasteiger partial charge in [0.15, 0.2) is 0 Å². The largest absolute Gasteiger partial charge is 0.300 e. The van der Waals surface area contributed by atoms with E-state index in [9.17, 15) is 8.42 Å². The minimum absolute atomic E-state index is 0.327. The molecule has 0 radical (unpaired) electrons. The predicted octanol–water partition coefficient (Wildman–Crippen LogP) is 0.971. The van der Waals surface area contributed by atoms with Crippen LogP contribution < -0.4 is 0 Å². The first kappa shape index (κ1) is 17.1. The Morgan fingerprint density at radius 1 is 1.12 bits per heavy atom. The molecule has 0 aliphatic carbocycles. The highest BCUT2D eigenvalue weighted by Crippen LogP contribution is 2.22. The summed E-state index contributed by atoms with van der Waals surface area (Å²) in [4.78, 5) is 6.65. The van der Waals surface area contributed by atoms with E-state index in [4.69, 9.17) is 0 Å². The van der Waals surface area contributed by atoms with Crippen LogP contribution in [0.5, 0.6) is 0 Å². The second-order valence-electron chi connectivity index (χ2n) is 6.11. The molecule has 3 heterocycles. The average Bonchev–Trinajstić information content (AvgIpc) is 2.93. The number of hydrogen-bond donors (Lipinski definition) is 1. The molecule has 0 aromatic carbocycles. The van der Waals surface area contributed by atoms with E-state index in [1.54, 1.807) is 30.5 Å². The second-order valence-corrected chi connectivity index (χ2v) is 7.99. The average molecular weight is 349 g/mol. The molecular weight excluding hydrogens is 326 g/mol. The van der Waals surface area contributed by atoms with E-state index in [1.807, 2.05) is 12.1 Å². The Kier molecular flexibility index (Phi) is 4.98. The van der Waals surface area contributed by atoms with Crippen LogP contribution in [0.3, 0.4) is 0 Å². The molecule has 1 aliphatic rings. The van der Waals surface area contributed by atoms with E-state index in [1.165, 1.54) is 5.56 Å². The highest BCUT2D eigenvalue weighted by atomic mass is 32.2. The molecule has 1 N–H and O–H groups in total. The van der Waals surface area contributed by atoms with Crippen molar-refractivity contribution in [1.29, 1.82) is 0 Å². The van der Waals surface area contributed by atoms with Crippen LogP contribution in [-0.4, -0.2) is 65.5 Å². The molecule has 0 amide bonds. The lowest BCUT2D eigenvalue weighted by Crippen LogP contribution is -2.49. The number of pyridine rings is 1. The van der Waals surface area contributed by atoms with Crippen molar-refractivity contribution in [3.05, 3.63) is 41.5 Å². The second kappa shape index (κ2) is 7.00. The van der Waals surface area contributed by atoms with E-state index in [0.29, 0.717) is 29.4 Å². The molecule has 130 valence electrons. The number of nitrogens with zero attached hydrogens (tertiary/aromatic N) is 4. The molecule has 2 aromatic heterocycles. The lowest BCUT2D eigenvalue weighted by molar-refractivity contribution is 0.190. The molecule has 0 atom stereocenters. The van der Waals surface area contributed by atoms with Gasteiger partial charge < -0.3 is 4.90 Å². The summed E-state index contributed by atoms with van der Waals surface area (Å²) < 4.78 is 27.2. The monoisotopic (exact) mass is 349 g/mol. The summed E-state index contributed by atoms with van der Waals surface area (Å²) in [6.07, 6.45) is 4.56. The maximum absolute atomic E-state index is 12.8. The molecule has 0 saturated carbocycles. The Hall–Kier alpha value is -1.77. The number of piperazine rings is 1. The molecule has 8 heteroatoms. The van der Waals surface area contributed by atoms with Crippen LogP contribution in [0.1, 0.15) is 17.0 Å². The van der Waals surface area contributed by atoms with Gasteiger partial charge in [-0.1, -0.05) is 0 Å². The topological polar surface area (TPSA) is 82.2 Å². The van der Waals surface area contributed by atoms with E-state index in [-0.39, 0.29) is 0 Å². The van der Waals surface area contributed by atoms with Crippen molar-refractivity contribution in [3.8, 4) is 0 Å². The summed E-state index contributed by atoms with van der Waals surface area (Å²) in [6.45, 7) is 6.94. The van der Waals surface area contributed by atoms with Gasteiger partial charge in [-0.2, -0.15) is 9.40 Å². The number of aromatic amines is 1. The van der Waals surface area contributed by atoms with Crippen LogP contribution in [0.2, 0.25) is 0 Å². The third kappa shape index (κ3) is 3.50. The fourth-order valence-electron chi connectivity index (χ4n) is 3.08. The highest BCUT2D eigenvalue weighted by molar-refractivity contribution is 7.89. The summed E-state index contributed by atoms with van der Waals surface area (Å²) >= 11 is 0. The molecule has 0 spiro atoms. The van der Waals surface area contributed by atoms with Gasteiger partial charge >= 0.3 is 0 Å². The predicted molar refractivity (Wildman–Crippen MR) is 91.2 cm³/mol. The number of H-pyrrole nitrogens is 1. The summed E-state index contributed by atoms with van der Waals surface area (Å²) in [7, 11) is -3.47. The number of hydrogen-bond acceptors (Lipinski definition) is 5. The molecule has 1 aliphatic heterocycles. The maximum Gasteiger partial charge on any atom is 0.246 e. The summed E-state index contributed by atoms with van der Waals surface area (Å²) in [5.41, 5.74) is 2.39. The van der Waals surface area contributed by atoms with Gasteiger partial charge in [0.1, 0.15) is 4.90 Å². The van der Waals surface area contributed by atoms with Crippen LogP contribution in [0, 0.1) is 13.8 Å². The minimum atomic E-state index is -3.47. The van der Waals surface area contributed by atoms with Crippen LogP contribution in [0.25, 0.3) is 0 Å². The van der Waals surface area contributed by atoms with Gasteiger partial charge in [0, 0.05) is 45.1 Å². The lowest BCUT2D eigenvalue weighted by atomic mass is 10.2. The molecule has 24 heavy (non-hydrogen) atoms. The molecule has 1 fully saturated rings. The van der Waals surface area contributed by atoms with Crippen LogP contribution in [0.15, 0.2) is 29.4 Å². The zero-order valence-corrected chi connectivity index (χ0v) is 14.9. The van der Waals surface area contributed by atoms with Gasteiger partial charge in [-0.3, -0.25) is 10.1 Å². The van der Waals surface area contributed by atoms with Gasteiger partial charge in [-0.05, 0) is 38.0 Å². The molecule has 3 rings (SSSR count). The minimum Gasteiger partial charge on any atom is -0.300 e. The number of rotatable bonds is 5. The van der Waals surface area contributed by atoms with Crippen LogP contribution in [-0.2, 0) is 16.4 Å². The van der Waals surface area contributed by atoms with Crippen molar-refractivity contribution in [3.63, 3.8) is 0 Å². The summed E-state index contributed by atoms with van der Waals surface area (Å²) in [5, 5.41) is 6.77. The molecule has 0 bridgehead atoms. The van der Waals surface area contributed by atoms with E-state index >= 15 is 0 Å². The van der Waals surface area contributed by atoms with Crippen molar-refractivity contribution < 1.29 is 8.42 Å². The molecule has 1 saturated heterocycles. The zero-order chi connectivity index (χ0) is 17.2. The fourth-order valence-corrected chi connectivity index (χ4v) is 4.83. The third-order valence-electron chi connectivity index (χ3n) is 4.46. The van der Waals surface area contributed by atoms with Crippen molar-refractivity contribution in [1.82, 2.24) is 24.4 Å². The Morgan fingerprint density at radius 2 is 1.79 bits per heavy atom. The van der Waals surface area contributed by atoms with E-state index < -0.39 is 10.0 Å². The summed E-state index contributed by atoms with van der Waals surface area (Å²) in [6, 6.07) is 4.04. The maximum atomic E-state index is 12.8. The third-order valence-corrected chi connectivity index (χ3v) is 6.62. The number of nitrogens with one attached hydrogen (secondary N) is 1. The van der Waals surface area contributed by atoms with Crippen molar-refractivity contribution in [2.45, 2.75) is 25.2 Å². The Bertz CT molecular complexity index is 761. The number of aromatic nitrogens is 3. The highest BCUT2D eigenvalue weighted by Gasteiger charge is 2.32. The van der Waals surface area contributed by atoms with Crippen molar-refractivity contribution in [2.24, 2.45) is 0 Å². The normalized spacial score (nSPS) is 17.2. The van der Waals surface area contributed by atoms with Gasteiger partial charge in [0.05, 0.1) is 11.4 Å². The van der Waals surface area contributed by atoms with Gasteiger partial charge in [0.25, 0.3) is 0 Å². The first-order valence-electron chi connectivity index (χ1n) is 8.11. The Labute approximate surface area is 142 Å². The first-order valence-corrected chi connectivity index (χ1v) is 9.55. The molecule has 2 aromatic rings.